The molecule has 0 aromatic carbocycles. The first-order chi connectivity index (χ1) is 4.16. The Labute approximate surface area is 66.3 Å². The van der Waals surface area contributed by atoms with Crippen LogP contribution in [0, 0.1) is 0 Å². The summed E-state index contributed by atoms with van der Waals surface area (Å²) in [4.78, 5) is 0. The van der Waals surface area contributed by atoms with Gasteiger partial charge in [0.05, 0.1) is 12.7 Å². The van der Waals surface area contributed by atoms with Crippen LogP contribution in [-0.4, -0.2) is 24.0 Å². The molecule has 1 aliphatic heterocycles. The van der Waals surface area contributed by atoms with Crippen molar-refractivity contribution in [2.45, 2.75) is 25.3 Å². The molecule has 0 bridgehead atoms. The van der Waals surface area contributed by atoms with Crippen LogP contribution in [0.4, 0.5) is 0 Å². The minimum absolute atomic E-state index is 0.122. The molecule has 1 aliphatic rings. The van der Waals surface area contributed by atoms with Gasteiger partial charge >= 0.3 is 0 Å². The number of hydrogen-bond acceptors (Lipinski definition) is 1. The molecular formula is C6H12Cl2O. The van der Waals surface area contributed by atoms with Crippen LogP contribution in [0.2, 0.25) is 0 Å². The largest absolute Gasteiger partial charge is 0.373 e. The zero-order chi connectivity index (χ0) is 7.28. The molecule has 0 N–H and O–H groups in total. The summed E-state index contributed by atoms with van der Waals surface area (Å²) in [7, 11) is 0. The maximum Gasteiger partial charge on any atom is 0.0781 e. The molecule has 1 rings (SSSR count). The maximum absolute atomic E-state index is 5.33. The SMILES string of the molecule is CC(Cl)CCl.CC1CO1. The standard InChI is InChI=1S/C3H6Cl2.C3H6O/c1-3(5)2-4;1-3-2-4-3/h3H,2H2,1H3;3H,2H2,1H3. The zero-order valence-electron chi connectivity index (χ0n) is 5.73. The first kappa shape index (κ1) is 9.54. The van der Waals surface area contributed by atoms with E-state index in [1.54, 1.807) is 0 Å². The first-order valence-electron chi connectivity index (χ1n) is 2.98. The number of rotatable bonds is 1. The van der Waals surface area contributed by atoms with E-state index in [2.05, 4.69) is 6.92 Å². The lowest BCUT2D eigenvalue weighted by Crippen LogP contribution is -1.87. The van der Waals surface area contributed by atoms with Crippen LogP contribution in [0.25, 0.3) is 0 Å². The van der Waals surface area contributed by atoms with Gasteiger partial charge in [-0.15, -0.1) is 23.2 Å². The second kappa shape index (κ2) is 5.33. The van der Waals surface area contributed by atoms with Crippen LogP contribution >= 0.6 is 23.2 Å². The Morgan fingerprint density at radius 3 is 2.00 bits per heavy atom. The molecule has 0 saturated carbocycles. The van der Waals surface area contributed by atoms with Gasteiger partial charge in [0, 0.05) is 11.3 Å². The highest BCUT2D eigenvalue weighted by molar-refractivity contribution is 6.27. The minimum atomic E-state index is 0.122. The van der Waals surface area contributed by atoms with E-state index in [9.17, 15) is 0 Å². The summed E-state index contributed by atoms with van der Waals surface area (Å²) in [5.74, 6) is 0.543. The molecule has 0 aromatic heterocycles. The highest BCUT2D eigenvalue weighted by Crippen LogP contribution is 2.04. The van der Waals surface area contributed by atoms with Gasteiger partial charge in [-0.25, -0.2) is 0 Å². The summed E-state index contributed by atoms with van der Waals surface area (Å²) < 4.78 is 4.71. The number of epoxide rings is 1. The van der Waals surface area contributed by atoms with Crippen molar-refractivity contribution in [2.24, 2.45) is 0 Å². The Balaban J connectivity index is 0.000000144. The quantitative estimate of drug-likeness (QED) is 0.435. The van der Waals surface area contributed by atoms with Gasteiger partial charge in [0.15, 0.2) is 0 Å². The van der Waals surface area contributed by atoms with Crippen molar-refractivity contribution in [1.82, 2.24) is 0 Å². The van der Waals surface area contributed by atoms with E-state index in [0.29, 0.717) is 12.0 Å². The van der Waals surface area contributed by atoms with Crippen LogP contribution in [-0.2, 0) is 4.74 Å². The molecule has 2 unspecified atom stereocenters. The summed E-state index contributed by atoms with van der Waals surface area (Å²) in [5, 5.41) is 0.122. The molecule has 0 aliphatic carbocycles. The van der Waals surface area contributed by atoms with E-state index >= 15 is 0 Å². The average molecular weight is 171 g/mol. The van der Waals surface area contributed by atoms with E-state index in [1.165, 1.54) is 0 Å². The van der Waals surface area contributed by atoms with Gasteiger partial charge in [0.25, 0.3) is 0 Å². The van der Waals surface area contributed by atoms with Crippen molar-refractivity contribution in [3.8, 4) is 0 Å². The summed E-state index contributed by atoms with van der Waals surface area (Å²) >= 11 is 10.5. The van der Waals surface area contributed by atoms with Crippen LogP contribution in [0.5, 0.6) is 0 Å². The summed E-state index contributed by atoms with van der Waals surface area (Å²) in [6.07, 6.45) is 0.583. The molecule has 1 fully saturated rings. The Morgan fingerprint density at radius 1 is 1.78 bits per heavy atom. The lowest BCUT2D eigenvalue weighted by Gasteiger charge is -1.85. The average Bonchev–Trinajstić information content (AvgIpc) is 2.53. The summed E-state index contributed by atoms with van der Waals surface area (Å²) in [5.41, 5.74) is 0. The third-order valence-corrected chi connectivity index (χ3v) is 1.49. The number of hydrogen-bond donors (Lipinski definition) is 0. The highest BCUT2D eigenvalue weighted by atomic mass is 35.5. The van der Waals surface area contributed by atoms with Gasteiger partial charge in [0.1, 0.15) is 0 Å². The number of halogens is 2. The predicted octanol–water partition coefficient (Wildman–Crippen LogP) is 2.26. The Bertz CT molecular complexity index is 62.1. The van der Waals surface area contributed by atoms with Gasteiger partial charge in [-0.3, -0.25) is 0 Å². The van der Waals surface area contributed by atoms with Crippen molar-refractivity contribution < 1.29 is 4.74 Å². The molecule has 0 spiro atoms. The van der Waals surface area contributed by atoms with Crippen LogP contribution < -0.4 is 0 Å². The predicted molar refractivity (Wildman–Crippen MR) is 41.4 cm³/mol. The van der Waals surface area contributed by atoms with Gasteiger partial charge in [0.2, 0.25) is 0 Å². The topological polar surface area (TPSA) is 12.5 Å². The molecule has 0 radical (unpaired) electrons. The van der Waals surface area contributed by atoms with Gasteiger partial charge in [-0.05, 0) is 13.8 Å². The minimum Gasteiger partial charge on any atom is -0.373 e. The van der Waals surface area contributed by atoms with Gasteiger partial charge in [-0.1, -0.05) is 0 Å². The first-order valence-corrected chi connectivity index (χ1v) is 3.95. The lowest BCUT2D eigenvalue weighted by molar-refractivity contribution is 0.423. The fraction of sp³-hybridized carbons (Fsp3) is 1.00. The third-order valence-electron chi connectivity index (χ3n) is 0.713. The van der Waals surface area contributed by atoms with Gasteiger partial charge < -0.3 is 4.74 Å². The van der Waals surface area contributed by atoms with Gasteiger partial charge in [-0.2, -0.15) is 0 Å². The van der Waals surface area contributed by atoms with Crippen LogP contribution in [0.1, 0.15) is 13.8 Å². The lowest BCUT2D eigenvalue weighted by atomic mass is 10.6. The maximum atomic E-state index is 5.33. The van der Waals surface area contributed by atoms with E-state index in [0.717, 1.165) is 6.61 Å². The van der Waals surface area contributed by atoms with E-state index in [1.807, 2.05) is 6.92 Å². The molecule has 2 atom stereocenters. The Morgan fingerprint density at radius 2 is 2.00 bits per heavy atom. The molecule has 1 heterocycles. The molecule has 56 valence electrons. The van der Waals surface area contributed by atoms with E-state index in [-0.39, 0.29) is 5.38 Å². The fourth-order valence-electron chi connectivity index (χ4n) is 0.0962. The zero-order valence-corrected chi connectivity index (χ0v) is 7.24. The van der Waals surface area contributed by atoms with E-state index < -0.39 is 0 Å². The fourth-order valence-corrected chi connectivity index (χ4v) is 0.0962. The van der Waals surface area contributed by atoms with Crippen molar-refractivity contribution in [1.29, 1.82) is 0 Å². The second-order valence-electron chi connectivity index (χ2n) is 2.08. The summed E-state index contributed by atoms with van der Waals surface area (Å²) in [6.45, 7) is 4.90. The Kier molecular flexibility index (Phi) is 5.65. The highest BCUT2D eigenvalue weighted by Gasteiger charge is 2.13. The Hall–Kier alpha value is 0.540. The monoisotopic (exact) mass is 170 g/mol. The van der Waals surface area contributed by atoms with Crippen molar-refractivity contribution in [3.63, 3.8) is 0 Å². The molecule has 1 saturated heterocycles. The normalized spacial score (nSPS) is 26.0. The smallest absolute Gasteiger partial charge is 0.0781 e. The third kappa shape index (κ3) is 11.9. The number of ether oxygens (including phenoxy) is 1. The second-order valence-corrected chi connectivity index (χ2v) is 3.13. The molecule has 0 amide bonds. The van der Waals surface area contributed by atoms with Crippen molar-refractivity contribution in [2.75, 3.05) is 12.5 Å². The molecule has 1 nitrogen and oxygen atoms in total. The molecule has 9 heavy (non-hydrogen) atoms. The molecular weight excluding hydrogens is 159 g/mol. The number of alkyl halides is 2. The van der Waals surface area contributed by atoms with Crippen LogP contribution in [0.3, 0.4) is 0 Å². The van der Waals surface area contributed by atoms with Crippen molar-refractivity contribution in [3.05, 3.63) is 0 Å². The summed E-state index contributed by atoms with van der Waals surface area (Å²) in [6, 6.07) is 0. The van der Waals surface area contributed by atoms with E-state index in [4.69, 9.17) is 27.9 Å². The molecule has 3 heteroatoms. The van der Waals surface area contributed by atoms with Crippen molar-refractivity contribution >= 4 is 23.2 Å². The van der Waals surface area contributed by atoms with Crippen LogP contribution in [0.15, 0.2) is 0 Å². The molecule has 0 aromatic rings.